The summed E-state index contributed by atoms with van der Waals surface area (Å²) >= 11 is 0. The Kier molecular flexibility index (Phi) is 5.07. The number of amides is 1. The first-order valence-corrected chi connectivity index (χ1v) is 6.55. The molecule has 2 heterocycles. The van der Waals surface area contributed by atoms with Crippen LogP contribution in [0.4, 0.5) is 0 Å². The summed E-state index contributed by atoms with van der Waals surface area (Å²) in [5, 5.41) is 18.2. The number of aromatic nitrogens is 3. The minimum absolute atomic E-state index is 0.00762. The number of hydrogen-bond acceptors (Lipinski definition) is 4. The monoisotopic (exact) mass is 284 g/mol. The molecule has 6 nitrogen and oxygen atoms in total. The van der Waals surface area contributed by atoms with Crippen LogP contribution in [0.1, 0.15) is 40.9 Å². The van der Waals surface area contributed by atoms with Crippen LogP contribution < -0.4 is 5.32 Å². The summed E-state index contributed by atoms with van der Waals surface area (Å²) in [4.78, 5) is 16.3. The molecule has 0 aliphatic carbocycles. The highest BCUT2D eigenvalue weighted by atomic mass is 16.2. The molecule has 0 aromatic carbocycles. The smallest absolute Gasteiger partial charge is 0.253 e. The van der Waals surface area contributed by atoms with Crippen LogP contribution in [0, 0.1) is 11.8 Å². The van der Waals surface area contributed by atoms with Gasteiger partial charge in [0.2, 0.25) is 0 Å². The molecule has 2 aromatic heterocycles. The quantitative estimate of drug-likeness (QED) is 0.731. The Morgan fingerprint density at radius 2 is 2.38 bits per heavy atom. The van der Waals surface area contributed by atoms with Crippen molar-refractivity contribution in [2.45, 2.75) is 19.4 Å². The topological polar surface area (TPSA) is 90.9 Å². The molecule has 1 unspecified atom stereocenters. The molecule has 3 N–H and O–H groups in total. The SMILES string of the molecule is CC(NC(=O)c1ccncc1C#CCCO)c1cn[nH]c1. The molecule has 0 aliphatic rings. The van der Waals surface area contributed by atoms with Gasteiger partial charge >= 0.3 is 0 Å². The Bertz CT molecular complexity index is 656. The molecule has 0 radical (unpaired) electrons. The van der Waals surface area contributed by atoms with Gasteiger partial charge in [-0.3, -0.25) is 14.9 Å². The first-order chi connectivity index (χ1) is 10.2. The molecule has 6 heteroatoms. The maximum Gasteiger partial charge on any atom is 0.253 e. The zero-order chi connectivity index (χ0) is 15.1. The largest absolute Gasteiger partial charge is 0.395 e. The van der Waals surface area contributed by atoms with Gasteiger partial charge in [-0.25, -0.2) is 0 Å². The van der Waals surface area contributed by atoms with E-state index in [9.17, 15) is 4.79 Å². The summed E-state index contributed by atoms with van der Waals surface area (Å²) in [6, 6.07) is 1.46. The third-order valence-electron chi connectivity index (χ3n) is 2.89. The lowest BCUT2D eigenvalue weighted by Crippen LogP contribution is -2.27. The fraction of sp³-hybridized carbons (Fsp3) is 0.267. The fourth-order valence-electron chi connectivity index (χ4n) is 1.76. The van der Waals surface area contributed by atoms with Crippen LogP contribution in [-0.4, -0.2) is 32.8 Å². The van der Waals surface area contributed by atoms with E-state index in [1.165, 1.54) is 0 Å². The summed E-state index contributed by atoms with van der Waals surface area (Å²) < 4.78 is 0. The van der Waals surface area contributed by atoms with E-state index in [4.69, 9.17) is 5.11 Å². The van der Waals surface area contributed by atoms with E-state index in [1.54, 1.807) is 30.9 Å². The Morgan fingerprint density at radius 3 is 3.10 bits per heavy atom. The Balaban J connectivity index is 2.14. The molecule has 21 heavy (non-hydrogen) atoms. The lowest BCUT2D eigenvalue weighted by atomic mass is 10.1. The number of H-pyrrole nitrogens is 1. The number of aliphatic hydroxyl groups is 1. The molecule has 0 saturated heterocycles. The van der Waals surface area contributed by atoms with Crippen LogP contribution in [0.15, 0.2) is 30.9 Å². The van der Waals surface area contributed by atoms with Gasteiger partial charge in [0.05, 0.1) is 30.0 Å². The Hall–Kier alpha value is -2.65. The van der Waals surface area contributed by atoms with Gasteiger partial charge in [0, 0.05) is 30.6 Å². The van der Waals surface area contributed by atoms with Crippen molar-refractivity contribution in [1.82, 2.24) is 20.5 Å². The third-order valence-corrected chi connectivity index (χ3v) is 2.89. The van der Waals surface area contributed by atoms with Crippen molar-refractivity contribution in [2.75, 3.05) is 6.61 Å². The minimum Gasteiger partial charge on any atom is -0.395 e. The second-order valence-corrected chi connectivity index (χ2v) is 4.42. The summed E-state index contributed by atoms with van der Waals surface area (Å²) in [6.45, 7) is 1.87. The van der Waals surface area contributed by atoms with Gasteiger partial charge in [0.25, 0.3) is 5.91 Å². The third kappa shape index (κ3) is 3.91. The van der Waals surface area contributed by atoms with Crippen LogP contribution in [0.25, 0.3) is 0 Å². The van der Waals surface area contributed by atoms with Crippen molar-refractivity contribution in [1.29, 1.82) is 0 Å². The number of nitrogens with zero attached hydrogens (tertiary/aromatic N) is 2. The van der Waals surface area contributed by atoms with Crippen molar-refractivity contribution in [2.24, 2.45) is 0 Å². The lowest BCUT2D eigenvalue weighted by molar-refractivity contribution is 0.0939. The average Bonchev–Trinajstić information content (AvgIpc) is 3.02. The van der Waals surface area contributed by atoms with E-state index in [2.05, 4.69) is 32.3 Å². The standard InChI is InChI=1S/C15H16N4O2/c1-11(13-9-17-18-10-13)19-15(21)14-5-6-16-8-12(14)4-2-3-7-20/h5-6,8-11,20H,3,7H2,1H3,(H,17,18)(H,19,21). The zero-order valence-electron chi connectivity index (χ0n) is 11.6. The number of carbonyl (C=O) groups is 1. The van der Waals surface area contributed by atoms with E-state index in [0.29, 0.717) is 17.5 Å². The molecular weight excluding hydrogens is 268 g/mol. The van der Waals surface area contributed by atoms with Crippen LogP contribution in [-0.2, 0) is 0 Å². The predicted molar refractivity (Wildman–Crippen MR) is 77.3 cm³/mol. The second kappa shape index (κ2) is 7.22. The highest BCUT2D eigenvalue weighted by molar-refractivity contribution is 5.96. The fourth-order valence-corrected chi connectivity index (χ4v) is 1.76. The molecule has 2 aromatic rings. The molecule has 0 bridgehead atoms. The number of pyridine rings is 1. The highest BCUT2D eigenvalue weighted by Gasteiger charge is 2.14. The molecule has 1 amide bonds. The van der Waals surface area contributed by atoms with Crippen LogP contribution in [0.3, 0.4) is 0 Å². The van der Waals surface area contributed by atoms with Gasteiger partial charge < -0.3 is 10.4 Å². The molecule has 108 valence electrons. The number of carbonyl (C=O) groups excluding carboxylic acids is 1. The molecule has 0 saturated carbocycles. The second-order valence-electron chi connectivity index (χ2n) is 4.42. The summed E-state index contributed by atoms with van der Waals surface area (Å²) in [6.07, 6.45) is 6.86. The first kappa shape index (κ1) is 14.8. The van der Waals surface area contributed by atoms with Crippen molar-refractivity contribution in [3.63, 3.8) is 0 Å². The van der Waals surface area contributed by atoms with Crippen molar-refractivity contribution in [3.8, 4) is 11.8 Å². The molecule has 0 spiro atoms. The van der Waals surface area contributed by atoms with Gasteiger partial charge in [-0.2, -0.15) is 5.10 Å². The molecular formula is C15H16N4O2. The van der Waals surface area contributed by atoms with Crippen LogP contribution in [0.2, 0.25) is 0 Å². The van der Waals surface area contributed by atoms with Crippen LogP contribution >= 0.6 is 0 Å². The molecule has 1 atom stereocenters. The van der Waals surface area contributed by atoms with Crippen molar-refractivity contribution < 1.29 is 9.90 Å². The van der Waals surface area contributed by atoms with Gasteiger partial charge in [-0.05, 0) is 13.0 Å². The van der Waals surface area contributed by atoms with E-state index in [1.807, 2.05) is 6.92 Å². The number of nitrogens with one attached hydrogen (secondary N) is 2. The lowest BCUT2D eigenvalue weighted by Gasteiger charge is -2.12. The van der Waals surface area contributed by atoms with Gasteiger partial charge in [0.15, 0.2) is 0 Å². The number of hydrogen-bond donors (Lipinski definition) is 3. The predicted octanol–water partition coefficient (Wildman–Crippen LogP) is 1.03. The summed E-state index contributed by atoms with van der Waals surface area (Å²) in [5.74, 6) is 5.42. The van der Waals surface area contributed by atoms with Gasteiger partial charge in [0.1, 0.15) is 0 Å². The maximum atomic E-state index is 12.3. The Morgan fingerprint density at radius 1 is 1.52 bits per heavy atom. The summed E-state index contributed by atoms with van der Waals surface area (Å²) in [7, 11) is 0. The van der Waals surface area contributed by atoms with E-state index in [-0.39, 0.29) is 18.6 Å². The molecule has 0 aliphatic heterocycles. The normalized spacial score (nSPS) is 11.3. The van der Waals surface area contributed by atoms with E-state index < -0.39 is 0 Å². The van der Waals surface area contributed by atoms with Crippen molar-refractivity contribution in [3.05, 3.63) is 47.5 Å². The maximum absolute atomic E-state index is 12.3. The minimum atomic E-state index is -0.223. The molecule has 2 rings (SSSR count). The molecule has 0 fully saturated rings. The number of rotatable bonds is 4. The first-order valence-electron chi connectivity index (χ1n) is 6.55. The highest BCUT2D eigenvalue weighted by Crippen LogP contribution is 2.12. The van der Waals surface area contributed by atoms with E-state index >= 15 is 0 Å². The van der Waals surface area contributed by atoms with Gasteiger partial charge in [-0.15, -0.1) is 0 Å². The van der Waals surface area contributed by atoms with Crippen molar-refractivity contribution >= 4 is 5.91 Å². The summed E-state index contributed by atoms with van der Waals surface area (Å²) in [5.41, 5.74) is 1.90. The van der Waals surface area contributed by atoms with Gasteiger partial charge in [-0.1, -0.05) is 11.8 Å². The number of aliphatic hydroxyl groups excluding tert-OH is 1. The van der Waals surface area contributed by atoms with Crippen LogP contribution in [0.5, 0.6) is 0 Å². The average molecular weight is 284 g/mol. The zero-order valence-corrected chi connectivity index (χ0v) is 11.6. The Labute approximate surface area is 122 Å². The van der Waals surface area contributed by atoms with E-state index in [0.717, 1.165) is 5.56 Å². The number of aromatic amines is 1.